The van der Waals surface area contributed by atoms with Gasteiger partial charge in [0.2, 0.25) is 0 Å². The Morgan fingerprint density at radius 3 is 2.33 bits per heavy atom. The normalized spacial score (nSPS) is 22.0. The zero-order valence-corrected chi connectivity index (χ0v) is 7.12. The molecule has 4 heteroatoms. The van der Waals surface area contributed by atoms with Crippen molar-refractivity contribution in [2.24, 2.45) is 0 Å². The van der Waals surface area contributed by atoms with Gasteiger partial charge in [0.15, 0.2) is 0 Å². The van der Waals surface area contributed by atoms with Crippen molar-refractivity contribution in [1.82, 2.24) is 5.32 Å². The van der Waals surface area contributed by atoms with Crippen molar-refractivity contribution in [2.45, 2.75) is 50.9 Å². The van der Waals surface area contributed by atoms with E-state index < -0.39 is 18.6 Å². The fourth-order valence-electron chi connectivity index (χ4n) is 1.38. The van der Waals surface area contributed by atoms with Gasteiger partial charge in [0.25, 0.3) is 0 Å². The fraction of sp³-hybridized carbons (Fsp3) is 1.00. The average molecular weight is 181 g/mol. The lowest BCUT2D eigenvalue weighted by Crippen LogP contribution is -2.42. The molecular weight excluding hydrogens is 167 g/mol. The summed E-state index contributed by atoms with van der Waals surface area (Å²) in [7, 11) is 0. The lowest BCUT2D eigenvalue weighted by molar-refractivity contribution is -0.139. The molecule has 1 atom stereocenters. The summed E-state index contributed by atoms with van der Waals surface area (Å²) in [4.78, 5) is 0. The van der Waals surface area contributed by atoms with E-state index in [1.807, 2.05) is 0 Å². The van der Waals surface area contributed by atoms with Gasteiger partial charge in [-0.2, -0.15) is 13.2 Å². The van der Waals surface area contributed by atoms with Crippen LogP contribution in [0.5, 0.6) is 0 Å². The number of halogens is 3. The average Bonchev–Trinajstić information content (AvgIpc) is 1.74. The second-order valence-electron chi connectivity index (χ2n) is 3.51. The topological polar surface area (TPSA) is 12.0 Å². The molecular formula is C8H14F3N. The van der Waals surface area contributed by atoms with Crippen LogP contribution in [-0.4, -0.2) is 18.3 Å². The SMILES string of the molecule is CC(CC(F)(F)F)NC1CCC1. The van der Waals surface area contributed by atoms with E-state index in [-0.39, 0.29) is 0 Å². The fourth-order valence-corrected chi connectivity index (χ4v) is 1.38. The van der Waals surface area contributed by atoms with Gasteiger partial charge in [-0.15, -0.1) is 0 Å². The van der Waals surface area contributed by atoms with Crippen LogP contribution in [0.25, 0.3) is 0 Å². The van der Waals surface area contributed by atoms with E-state index in [1.54, 1.807) is 6.92 Å². The largest absolute Gasteiger partial charge is 0.390 e. The van der Waals surface area contributed by atoms with Gasteiger partial charge in [0.05, 0.1) is 6.42 Å². The molecule has 0 spiro atoms. The van der Waals surface area contributed by atoms with Gasteiger partial charge in [-0.25, -0.2) is 0 Å². The van der Waals surface area contributed by atoms with Crippen LogP contribution in [0.3, 0.4) is 0 Å². The summed E-state index contributed by atoms with van der Waals surface area (Å²) < 4.78 is 35.5. The van der Waals surface area contributed by atoms with Crippen molar-refractivity contribution in [1.29, 1.82) is 0 Å². The first-order valence-electron chi connectivity index (χ1n) is 4.30. The molecule has 72 valence electrons. The number of nitrogens with one attached hydrogen (secondary N) is 1. The molecule has 12 heavy (non-hydrogen) atoms. The van der Waals surface area contributed by atoms with Crippen molar-refractivity contribution in [3.05, 3.63) is 0 Å². The van der Waals surface area contributed by atoms with E-state index >= 15 is 0 Å². The van der Waals surface area contributed by atoms with E-state index in [0.29, 0.717) is 6.04 Å². The van der Waals surface area contributed by atoms with Gasteiger partial charge >= 0.3 is 6.18 Å². The molecule has 0 aliphatic heterocycles. The van der Waals surface area contributed by atoms with E-state index in [4.69, 9.17) is 0 Å². The molecule has 1 aliphatic carbocycles. The first-order valence-corrected chi connectivity index (χ1v) is 4.30. The van der Waals surface area contributed by atoms with Gasteiger partial charge in [-0.1, -0.05) is 6.42 Å². The maximum Gasteiger partial charge on any atom is 0.390 e. The first-order chi connectivity index (χ1) is 5.47. The summed E-state index contributed by atoms with van der Waals surface area (Å²) in [5.74, 6) is 0. The molecule has 1 nitrogen and oxygen atoms in total. The van der Waals surface area contributed by atoms with Gasteiger partial charge in [0, 0.05) is 12.1 Å². The van der Waals surface area contributed by atoms with Crippen LogP contribution < -0.4 is 5.32 Å². The highest BCUT2D eigenvalue weighted by molar-refractivity contribution is 4.80. The Balaban J connectivity index is 2.14. The first kappa shape index (κ1) is 9.84. The number of hydrogen-bond acceptors (Lipinski definition) is 1. The summed E-state index contributed by atoms with van der Waals surface area (Å²) in [6.45, 7) is 1.59. The summed E-state index contributed by atoms with van der Waals surface area (Å²) >= 11 is 0. The summed E-state index contributed by atoms with van der Waals surface area (Å²) in [5.41, 5.74) is 0. The number of rotatable bonds is 3. The van der Waals surface area contributed by atoms with Crippen LogP contribution in [0.4, 0.5) is 13.2 Å². The number of hydrogen-bond donors (Lipinski definition) is 1. The Hall–Kier alpha value is -0.250. The summed E-state index contributed by atoms with van der Waals surface area (Å²) in [6, 6.07) is -0.0994. The highest BCUT2D eigenvalue weighted by Crippen LogP contribution is 2.24. The van der Waals surface area contributed by atoms with Crippen molar-refractivity contribution < 1.29 is 13.2 Å². The second kappa shape index (κ2) is 3.64. The predicted molar refractivity (Wildman–Crippen MR) is 40.9 cm³/mol. The zero-order chi connectivity index (χ0) is 9.19. The zero-order valence-electron chi connectivity index (χ0n) is 7.12. The molecule has 1 rings (SSSR count). The van der Waals surface area contributed by atoms with E-state index in [9.17, 15) is 13.2 Å². The summed E-state index contributed by atoms with van der Waals surface area (Å²) in [5, 5.41) is 2.95. The van der Waals surface area contributed by atoms with Crippen LogP contribution in [0, 0.1) is 0 Å². The Kier molecular flexibility index (Phi) is 2.99. The van der Waals surface area contributed by atoms with Crippen LogP contribution >= 0.6 is 0 Å². The van der Waals surface area contributed by atoms with Crippen LogP contribution in [0.2, 0.25) is 0 Å². The molecule has 1 N–H and O–H groups in total. The molecule has 0 aromatic heterocycles. The highest BCUT2D eigenvalue weighted by atomic mass is 19.4. The van der Waals surface area contributed by atoms with Gasteiger partial charge in [-0.05, 0) is 19.8 Å². The third-order valence-corrected chi connectivity index (χ3v) is 2.16. The van der Waals surface area contributed by atoms with E-state index in [1.165, 1.54) is 0 Å². The Morgan fingerprint density at radius 1 is 1.42 bits per heavy atom. The second-order valence-corrected chi connectivity index (χ2v) is 3.51. The highest BCUT2D eigenvalue weighted by Gasteiger charge is 2.31. The smallest absolute Gasteiger partial charge is 0.311 e. The molecule has 0 aromatic carbocycles. The standard InChI is InChI=1S/C8H14F3N/c1-6(5-8(9,10)11)12-7-3-2-4-7/h6-7,12H,2-5H2,1H3. The van der Waals surface area contributed by atoms with Crippen molar-refractivity contribution in [3.8, 4) is 0 Å². The Labute approximate surface area is 70.3 Å². The molecule has 0 radical (unpaired) electrons. The molecule has 0 heterocycles. The lowest BCUT2D eigenvalue weighted by Gasteiger charge is -2.30. The van der Waals surface area contributed by atoms with Crippen molar-refractivity contribution >= 4 is 0 Å². The molecule has 0 bridgehead atoms. The van der Waals surface area contributed by atoms with Crippen LogP contribution in [0.15, 0.2) is 0 Å². The molecule has 1 unspecified atom stereocenters. The molecule has 0 amide bonds. The third-order valence-electron chi connectivity index (χ3n) is 2.16. The van der Waals surface area contributed by atoms with Gasteiger partial charge < -0.3 is 5.32 Å². The monoisotopic (exact) mass is 181 g/mol. The van der Waals surface area contributed by atoms with Crippen LogP contribution in [0.1, 0.15) is 32.6 Å². The maximum absolute atomic E-state index is 11.8. The minimum absolute atomic E-state index is 0.336. The lowest BCUT2D eigenvalue weighted by atomic mass is 9.92. The van der Waals surface area contributed by atoms with Gasteiger partial charge in [0.1, 0.15) is 0 Å². The Bertz CT molecular complexity index is 140. The van der Waals surface area contributed by atoms with Gasteiger partial charge in [-0.3, -0.25) is 0 Å². The molecule has 0 aromatic rings. The minimum atomic E-state index is -4.03. The number of alkyl halides is 3. The third kappa shape index (κ3) is 3.43. The van der Waals surface area contributed by atoms with Crippen molar-refractivity contribution in [3.63, 3.8) is 0 Å². The Morgan fingerprint density at radius 2 is 2.00 bits per heavy atom. The van der Waals surface area contributed by atoms with E-state index in [0.717, 1.165) is 19.3 Å². The van der Waals surface area contributed by atoms with Crippen molar-refractivity contribution in [2.75, 3.05) is 0 Å². The molecule has 1 saturated carbocycles. The molecule has 1 fully saturated rings. The minimum Gasteiger partial charge on any atom is -0.311 e. The quantitative estimate of drug-likeness (QED) is 0.705. The predicted octanol–water partition coefficient (Wildman–Crippen LogP) is 2.47. The van der Waals surface area contributed by atoms with E-state index in [2.05, 4.69) is 5.32 Å². The maximum atomic E-state index is 11.8. The molecule has 0 saturated heterocycles. The molecule has 1 aliphatic rings. The summed E-state index contributed by atoms with van der Waals surface area (Å²) in [6.07, 6.45) is -1.54. The van der Waals surface area contributed by atoms with Crippen LogP contribution in [-0.2, 0) is 0 Å².